The molecule has 55 heavy (non-hydrogen) atoms. The van der Waals surface area contributed by atoms with Gasteiger partial charge in [0.05, 0.1) is 22.8 Å². The van der Waals surface area contributed by atoms with E-state index in [0.29, 0.717) is 42.4 Å². The van der Waals surface area contributed by atoms with Crippen molar-refractivity contribution in [1.29, 1.82) is 0 Å². The Morgan fingerprint density at radius 1 is 1.05 bits per heavy atom. The van der Waals surface area contributed by atoms with E-state index in [2.05, 4.69) is 15.4 Å². The number of rotatable bonds is 8. The van der Waals surface area contributed by atoms with Crippen LogP contribution in [-0.4, -0.2) is 88.2 Å². The van der Waals surface area contributed by atoms with Crippen molar-refractivity contribution < 1.29 is 37.1 Å². The maximum atomic E-state index is 14.5. The predicted octanol–water partition coefficient (Wildman–Crippen LogP) is 4.48. The molecule has 2 aromatic carbocycles. The molecule has 5 bridgehead atoms. The molecule has 4 amide bonds. The van der Waals surface area contributed by atoms with Gasteiger partial charge >= 0.3 is 6.09 Å². The molecule has 1 saturated heterocycles. The Kier molecular flexibility index (Phi) is 10.1. The van der Waals surface area contributed by atoms with Crippen LogP contribution < -0.4 is 20.1 Å². The highest BCUT2D eigenvalue weighted by Gasteiger charge is 2.62. The quantitative estimate of drug-likeness (QED) is 0.295. The van der Waals surface area contributed by atoms with Crippen molar-refractivity contribution in [2.75, 3.05) is 6.54 Å². The largest absolute Gasteiger partial charge is 0.471 e. The Morgan fingerprint density at radius 3 is 2.47 bits per heavy atom. The van der Waals surface area contributed by atoms with E-state index in [-0.39, 0.29) is 31.2 Å². The Morgan fingerprint density at radius 2 is 1.80 bits per heavy atom. The molecule has 3 heterocycles. The van der Waals surface area contributed by atoms with Crippen LogP contribution in [0.15, 0.2) is 54.6 Å². The fourth-order valence-corrected chi connectivity index (χ4v) is 8.84. The van der Waals surface area contributed by atoms with Gasteiger partial charge in [-0.1, -0.05) is 75.7 Å². The van der Waals surface area contributed by atoms with Crippen LogP contribution in [0.25, 0.3) is 28.4 Å². The number of benzene rings is 2. The molecule has 1 aromatic heterocycles. The third-order valence-electron chi connectivity index (χ3n) is 10.9. The van der Waals surface area contributed by atoms with E-state index in [0.717, 1.165) is 11.1 Å². The Hall–Kier alpha value is -5.05. The summed E-state index contributed by atoms with van der Waals surface area (Å²) in [7, 11) is -3.88. The van der Waals surface area contributed by atoms with Crippen molar-refractivity contribution in [3.63, 3.8) is 0 Å². The van der Waals surface area contributed by atoms with Crippen molar-refractivity contribution in [3.8, 4) is 17.1 Å². The Labute approximate surface area is 320 Å². The molecule has 0 radical (unpaired) electrons. The van der Waals surface area contributed by atoms with Crippen LogP contribution >= 0.6 is 0 Å². The summed E-state index contributed by atoms with van der Waals surface area (Å²) in [5.74, 6) is -2.42. The van der Waals surface area contributed by atoms with Crippen molar-refractivity contribution >= 4 is 50.9 Å². The van der Waals surface area contributed by atoms with Gasteiger partial charge in [0.2, 0.25) is 27.7 Å². The molecule has 15 heteroatoms. The molecule has 4 aliphatic rings. The zero-order chi connectivity index (χ0) is 39.3. The van der Waals surface area contributed by atoms with Crippen LogP contribution in [-0.2, 0) is 29.1 Å². The van der Waals surface area contributed by atoms with Crippen molar-refractivity contribution in [2.45, 2.75) is 108 Å². The van der Waals surface area contributed by atoms with E-state index in [4.69, 9.17) is 19.4 Å². The zero-order valence-electron chi connectivity index (χ0n) is 31.7. The number of alkyl carbamates (subject to hydrolysis) is 1. The van der Waals surface area contributed by atoms with Gasteiger partial charge in [-0.25, -0.2) is 23.2 Å². The molecule has 3 aromatic rings. The van der Waals surface area contributed by atoms with Gasteiger partial charge in [0.1, 0.15) is 35.0 Å². The fraction of sp³-hybridized carbons (Fsp3) is 0.500. The van der Waals surface area contributed by atoms with Gasteiger partial charge in [-0.2, -0.15) is 0 Å². The summed E-state index contributed by atoms with van der Waals surface area (Å²) in [4.78, 5) is 67.1. The maximum Gasteiger partial charge on any atom is 0.408 e. The number of aromatic nitrogens is 2. The summed E-state index contributed by atoms with van der Waals surface area (Å²) in [6, 6.07) is 12.9. The van der Waals surface area contributed by atoms with Gasteiger partial charge in [0, 0.05) is 18.4 Å². The predicted molar refractivity (Wildman–Crippen MR) is 205 cm³/mol. The lowest BCUT2D eigenvalue weighted by molar-refractivity contribution is -0.142. The first kappa shape index (κ1) is 38.2. The minimum atomic E-state index is -3.88. The third-order valence-corrected chi connectivity index (χ3v) is 12.7. The summed E-state index contributed by atoms with van der Waals surface area (Å²) in [6.07, 6.45) is 4.39. The van der Waals surface area contributed by atoms with Gasteiger partial charge in [0.25, 0.3) is 5.91 Å². The SMILES string of the molecule is CC[C@@H]1C[C@@]1(NC(=O)[C@@H]1C[C@@H]2CN1C(=O)[C@H](C(C)C)NC(=O)OC(C)(C)C/C=C\c1ccc3nc(-c4ccccc4)c(nc3c1)O2)C(=O)NS(=O)(=O)C1CC1. The van der Waals surface area contributed by atoms with E-state index < -0.39 is 74.3 Å². The smallest absolute Gasteiger partial charge is 0.408 e. The highest BCUT2D eigenvalue weighted by atomic mass is 32.2. The minimum absolute atomic E-state index is 0.0193. The number of cyclic esters (lactones) is 1. The van der Waals surface area contributed by atoms with Crippen molar-refractivity contribution in [3.05, 3.63) is 60.2 Å². The molecule has 292 valence electrons. The topological polar surface area (TPSA) is 186 Å². The fourth-order valence-electron chi connectivity index (χ4n) is 7.47. The number of ether oxygens (including phenoxy) is 2. The second-order valence-corrected chi connectivity index (χ2v) is 18.0. The highest BCUT2D eigenvalue weighted by molar-refractivity contribution is 7.91. The van der Waals surface area contributed by atoms with Gasteiger partial charge in [-0.15, -0.1) is 0 Å². The molecule has 0 unspecified atom stereocenters. The van der Waals surface area contributed by atoms with Crippen LogP contribution in [0.4, 0.5) is 4.79 Å². The second-order valence-electron chi connectivity index (χ2n) is 16.0. The van der Waals surface area contributed by atoms with Gasteiger partial charge in [-0.3, -0.25) is 19.1 Å². The molecule has 7 rings (SSSR count). The number of carbonyl (C=O) groups is 4. The monoisotopic (exact) mass is 772 g/mol. The van der Waals surface area contributed by atoms with Gasteiger partial charge < -0.3 is 25.0 Å². The molecule has 5 atom stereocenters. The second kappa shape index (κ2) is 14.5. The molecule has 14 nitrogen and oxygen atoms in total. The van der Waals surface area contributed by atoms with E-state index in [1.165, 1.54) is 4.90 Å². The number of hydrogen-bond donors (Lipinski definition) is 3. The summed E-state index contributed by atoms with van der Waals surface area (Å²) in [6.45, 7) is 8.92. The molecule has 2 aliphatic heterocycles. The summed E-state index contributed by atoms with van der Waals surface area (Å²) in [5.41, 5.74) is 0.929. The highest BCUT2D eigenvalue weighted by Crippen LogP contribution is 2.47. The lowest BCUT2D eigenvalue weighted by Gasteiger charge is -2.32. The Bertz CT molecular complexity index is 2150. The number of nitrogens with one attached hydrogen (secondary N) is 3. The van der Waals surface area contributed by atoms with E-state index in [1.807, 2.05) is 67.6 Å². The van der Waals surface area contributed by atoms with Crippen molar-refractivity contribution in [2.24, 2.45) is 11.8 Å². The summed E-state index contributed by atoms with van der Waals surface area (Å²) < 4.78 is 40.1. The first-order valence-corrected chi connectivity index (χ1v) is 20.5. The average molecular weight is 773 g/mol. The zero-order valence-corrected chi connectivity index (χ0v) is 32.5. The molecule has 2 aliphatic carbocycles. The van der Waals surface area contributed by atoms with E-state index in [1.54, 1.807) is 27.7 Å². The van der Waals surface area contributed by atoms with E-state index >= 15 is 0 Å². The van der Waals surface area contributed by atoms with Crippen LogP contribution in [0.5, 0.6) is 5.88 Å². The summed E-state index contributed by atoms with van der Waals surface area (Å²) >= 11 is 0. The lowest BCUT2D eigenvalue weighted by atomic mass is 10.0. The third kappa shape index (κ3) is 8.03. The number of sulfonamides is 1. The molecule has 3 fully saturated rings. The normalized spacial score (nSPS) is 27.1. The van der Waals surface area contributed by atoms with Gasteiger partial charge in [0.15, 0.2) is 0 Å². The molecule has 3 N–H and O–H groups in total. The maximum absolute atomic E-state index is 14.5. The molecule has 2 saturated carbocycles. The first-order chi connectivity index (χ1) is 26.1. The van der Waals surface area contributed by atoms with Crippen LogP contribution in [0.2, 0.25) is 0 Å². The van der Waals surface area contributed by atoms with Gasteiger partial charge in [-0.05, 0) is 62.6 Å². The standard InChI is InChI=1S/C40H48N6O8S/c1-6-26-21-40(26,37(49)45-55(51,52)28-15-16-28)44-34(47)31-20-27-22-46(31)36(48)32(23(2)3)43-38(50)54-39(4,5)18-10-11-24-14-17-29-30(19-24)42-35(53-27)33(41-29)25-12-8-7-9-13-25/h7-14,17,19,23,26-28,31-32H,6,15-16,18,20-22H2,1-5H3,(H,43,50)(H,44,47)(H,45,49)/b11-10-/t26-,27-,31+,32+,40+/m1/s1. The summed E-state index contributed by atoms with van der Waals surface area (Å²) in [5, 5.41) is 4.99. The van der Waals surface area contributed by atoms with Crippen LogP contribution in [0, 0.1) is 11.8 Å². The average Bonchev–Trinajstić information content (AvgIpc) is 4.06. The Balaban J connectivity index is 1.27. The van der Waals surface area contributed by atoms with Crippen LogP contribution in [0.3, 0.4) is 0 Å². The lowest BCUT2D eigenvalue weighted by Crippen LogP contribution is -2.59. The molecule has 0 spiro atoms. The number of carbonyl (C=O) groups excluding carboxylic acids is 4. The number of hydrogen-bond acceptors (Lipinski definition) is 10. The number of amides is 4. The van der Waals surface area contributed by atoms with E-state index in [9.17, 15) is 27.6 Å². The number of nitrogens with zero attached hydrogens (tertiary/aromatic N) is 3. The minimum Gasteiger partial charge on any atom is -0.471 e. The number of fused-ring (bicyclic) bond motifs is 4. The first-order valence-electron chi connectivity index (χ1n) is 19.0. The molecular weight excluding hydrogens is 725 g/mol. The van der Waals surface area contributed by atoms with Crippen molar-refractivity contribution in [1.82, 2.24) is 30.2 Å². The van der Waals surface area contributed by atoms with Crippen LogP contribution in [0.1, 0.15) is 78.7 Å². The molecular formula is C40H48N6O8S.